The van der Waals surface area contributed by atoms with Gasteiger partial charge in [-0.15, -0.1) is 0 Å². The molecule has 0 spiro atoms. The Morgan fingerprint density at radius 2 is 1.58 bits per heavy atom. The summed E-state index contributed by atoms with van der Waals surface area (Å²) >= 11 is 0. The molecule has 2 unspecified atom stereocenters. The molecule has 126 valence electrons. The summed E-state index contributed by atoms with van der Waals surface area (Å²) in [5.41, 5.74) is 2.05. The Labute approximate surface area is 142 Å². The second-order valence-electron chi connectivity index (χ2n) is 6.74. The monoisotopic (exact) mass is 325 g/mol. The molecule has 2 bridgehead atoms. The molecular weight excluding hydrogens is 302 g/mol. The molecular formula is C19H23N3O2. The average Bonchev–Trinajstić information content (AvgIpc) is 2.84. The first-order valence-electron chi connectivity index (χ1n) is 8.58. The molecule has 0 amide bonds. The molecule has 2 aromatic rings. The zero-order valence-corrected chi connectivity index (χ0v) is 14.2. The highest BCUT2D eigenvalue weighted by Gasteiger charge is 2.39. The van der Waals surface area contributed by atoms with Gasteiger partial charge in [0.05, 0.1) is 7.11 Å². The van der Waals surface area contributed by atoms with Gasteiger partial charge in [-0.2, -0.15) is 0 Å². The van der Waals surface area contributed by atoms with E-state index in [4.69, 9.17) is 9.47 Å². The number of hydrogen-bond donors (Lipinski definition) is 0. The lowest BCUT2D eigenvalue weighted by Crippen LogP contribution is -2.44. The fourth-order valence-electron chi connectivity index (χ4n) is 3.92. The van der Waals surface area contributed by atoms with Crippen LogP contribution in [0.15, 0.2) is 36.7 Å². The van der Waals surface area contributed by atoms with Gasteiger partial charge in [-0.1, -0.05) is 12.1 Å². The molecule has 5 heteroatoms. The minimum absolute atomic E-state index is 0.241. The lowest BCUT2D eigenvalue weighted by Gasteiger charge is -2.35. The lowest BCUT2D eigenvalue weighted by molar-refractivity contribution is 0.0601. The lowest BCUT2D eigenvalue weighted by atomic mass is 10.0. The number of piperidine rings is 1. The maximum absolute atomic E-state index is 6.04. The molecule has 0 radical (unpaired) electrons. The zero-order chi connectivity index (χ0) is 16.5. The Kier molecular flexibility index (Phi) is 4.10. The first-order chi connectivity index (χ1) is 11.7. The van der Waals surface area contributed by atoms with E-state index in [1.807, 2.05) is 36.7 Å². The van der Waals surface area contributed by atoms with Gasteiger partial charge in [-0.3, -0.25) is 0 Å². The maximum atomic E-state index is 6.04. The van der Waals surface area contributed by atoms with Crippen molar-refractivity contribution in [2.24, 2.45) is 0 Å². The smallest absolute Gasteiger partial charge is 0.316 e. The number of fused-ring (bicyclic) bond motifs is 2. The van der Waals surface area contributed by atoms with Crippen molar-refractivity contribution in [2.45, 2.75) is 43.9 Å². The molecule has 2 saturated heterocycles. The largest absolute Gasteiger partial charge is 0.497 e. The predicted molar refractivity (Wildman–Crippen MR) is 92.2 cm³/mol. The topological polar surface area (TPSA) is 47.5 Å². The standard InChI is InChI=1S/C19H23N3O2/c1-22-15-5-6-16(22)10-18(9-15)24-19-20-11-14(12-21-19)13-3-7-17(23-2)8-4-13/h3-4,7-8,11-12,15-16,18H,5-6,9-10H2,1-2H3. The molecule has 2 aliphatic heterocycles. The first kappa shape index (κ1) is 15.4. The molecule has 2 fully saturated rings. The Hall–Kier alpha value is -2.14. The molecule has 2 atom stereocenters. The summed E-state index contributed by atoms with van der Waals surface area (Å²) in [4.78, 5) is 11.3. The van der Waals surface area contributed by atoms with Crippen LogP contribution in [0.1, 0.15) is 25.7 Å². The van der Waals surface area contributed by atoms with Gasteiger partial charge >= 0.3 is 6.01 Å². The maximum Gasteiger partial charge on any atom is 0.316 e. The van der Waals surface area contributed by atoms with Gasteiger partial charge in [0.2, 0.25) is 0 Å². The molecule has 3 heterocycles. The third-order valence-electron chi connectivity index (χ3n) is 5.38. The van der Waals surface area contributed by atoms with Crippen LogP contribution in [0.5, 0.6) is 11.8 Å². The summed E-state index contributed by atoms with van der Waals surface area (Å²) in [6.07, 6.45) is 8.64. The van der Waals surface area contributed by atoms with Crippen molar-refractivity contribution in [2.75, 3.05) is 14.2 Å². The normalized spacial score (nSPS) is 26.3. The molecule has 2 aliphatic rings. The van der Waals surface area contributed by atoms with Crippen LogP contribution in [0.2, 0.25) is 0 Å². The predicted octanol–water partition coefficient (Wildman–Crippen LogP) is 3.16. The van der Waals surface area contributed by atoms with E-state index in [1.54, 1.807) is 7.11 Å². The number of aromatic nitrogens is 2. The quantitative estimate of drug-likeness (QED) is 0.864. The number of methoxy groups -OCH3 is 1. The molecule has 0 aliphatic carbocycles. The summed E-state index contributed by atoms with van der Waals surface area (Å²) in [6.45, 7) is 0. The number of nitrogens with zero attached hydrogens (tertiary/aromatic N) is 3. The Morgan fingerprint density at radius 3 is 2.17 bits per heavy atom. The van der Waals surface area contributed by atoms with Crippen LogP contribution >= 0.6 is 0 Å². The molecule has 0 saturated carbocycles. The van der Waals surface area contributed by atoms with Crippen molar-refractivity contribution in [1.29, 1.82) is 0 Å². The van der Waals surface area contributed by atoms with Gasteiger partial charge in [0.1, 0.15) is 11.9 Å². The van der Waals surface area contributed by atoms with Crippen LogP contribution in [0.3, 0.4) is 0 Å². The number of hydrogen-bond acceptors (Lipinski definition) is 5. The summed E-state index contributed by atoms with van der Waals surface area (Å²) < 4.78 is 11.2. The van der Waals surface area contributed by atoms with E-state index in [2.05, 4.69) is 21.9 Å². The second-order valence-corrected chi connectivity index (χ2v) is 6.74. The van der Waals surface area contributed by atoms with Crippen molar-refractivity contribution in [1.82, 2.24) is 14.9 Å². The van der Waals surface area contributed by atoms with E-state index in [9.17, 15) is 0 Å². The molecule has 5 nitrogen and oxygen atoms in total. The zero-order valence-electron chi connectivity index (χ0n) is 14.2. The van der Waals surface area contributed by atoms with Crippen LogP contribution in [-0.4, -0.2) is 47.2 Å². The molecule has 4 rings (SSSR count). The third kappa shape index (κ3) is 2.96. The van der Waals surface area contributed by atoms with Gasteiger partial charge in [0.25, 0.3) is 0 Å². The van der Waals surface area contributed by atoms with Gasteiger partial charge in [0.15, 0.2) is 0 Å². The van der Waals surface area contributed by atoms with Crippen molar-refractivity contribution in [3.63, 3.8) is 0 Å². The molecule has 24 heavy (non-hydrogen) atoms. The van der Waals surface area contributed by atoms with Crippen LogP contribution in [0.25, 0.3) is 11.1 Å². The van der Waals surface area contributed by atoms with Crippen molar-refractivity contribution >= 4 is 0 Å². The number of rotatable bonds is 4. The average molecular weight is 325 g/mol. The Bertz CT molecular complexity index is 673. The molecule has 1 aromatic carbocycles. The van der Waals surface area contributed by atoms with Crippen molar-refractivity contribution < 1.29 is 9.47 Å². The third-order valence-corrected chi connectivity index (χ3v) is 5.38. The first-order valence-corrected chi connectivity index (χ1v) is 8.58. The van der Waals surface area contributed by atoms with E-state index in [1.165, 1.54) is 12.8 Å². The summed E-state index contributed by atoms with van der Waals surface area (Å²) in [5.74, 6) is 0.844. The summed E-state index contributed by atoms with van der Waals surface area (Å²) in [7, 11) is 3.90. The van der Waals surface area contributed by atoms with Crippen LogP contribution in [-0.2, 0) is 0 Å². The van der Waals surface area contributed by atoms with Gasteiger partial charge in [-0.25, -0.2) is 9.97 Å². The molecule has 1 aromatic heterocycles. The minimum atomic E-state index is 0.241. The van der Waals surface area contributed by atoms with Crippen LogP contribution in [0.4, 0.5) is 0 Å². The van der Waals surface area contributed by atoms with E-state index in [0.29, 0.717) is 18.1 Å². The van der Waals surface area contributed by atoms with E-state index < -0.39 is 0 Å². The Morgan fingerprint density at radius 1 is 0.958 bits per heavy atom. The van der Waals surface area contributed by atoms with Crippen molar-refractivity contribution in [3.05, 3.63) is 36.7 Å². The fourth-order valence-corrected chi connectivity index (χ4v) is 3.92. The van der Waals surface area contributed by atoms with Crippen LogP contribution in [0, 0.1) is 0 Å². The van der Waals surface area contributed by atoms with E-state index >= 15 is 0 Å². The van der Waals surface area contributed by atoms with Gasteiger partial charge in [0, 0.05) is 42.9 Å². The van der Waals surface area contributed by atoms with Gasteiger partial charge < -0.3 is 14.4 Å². The summed E-state index contributed by atoms with van der Waals surface area (Å²) in [5, 5.41) is 0. The highest BCUT2D eigenvalue weighted by Crippen LogP contribution is 2.35. The SMILES string of the molecule is COc1ccc(-c2cnc(OC3CC4CCC(C3)N4C)nc2)cc1. The fraction of sp³-hybridized carbons (Fsp3) is 0.474. The van der Waals surface area contributed by atoms with E-state index in [0.717, 1.165) is 29.7 Å². The molecule has 0 N–H and O–H groups in total. The highest BCUT2D eigenvalue weighted by atomic mass is 16.5. The van der Waals surface area contributed by atoms with Crippen molar-refractivity contribution in [3.8, 4) is 22.9 Å². The number of benzene rings is 1. The number of ether oxygens (including phenoxy) is 2. The van der Waals surface area contributed by atoms with Gasteiger partial charge in [-0.05, 0) is 37.6 Å². The van der Waals surface area contributed by atoms with E-state index in [-0.39, 0.29) is 6.10 Å². The highest BCUT2D eigenvalue weighted by molar-refractivity contribution is 5.62. The minimum Gasteiger partial charge on any atom is -0.497 e. The van der Waals surface area contributed by atoms with Crippen LogP contribution < -0.4 is 9.47 Å². The summed E-state index contributed by atoms with van der Waals surface area (Å²) in [6, 6.07) is 9.70. The Balaban J connectivity index is 1.42. The second kappa shape index (κ2) is 6.40.